The second-order valence-corrected chi connectivity index (χ2v) is 3.71. The summed E-state index contributed by atoms with van der Waals surface area (Å²) in [5.74, 6) is 0. The summed E-state index contributed by atoms with van der Waals surface area (Å²) >= 11 is 0. The average molecular weight is 208 g/mol. The number of aryl methyl sites for hydroxylation is 1. The van der Waals surface area contributed by atoms with Crippen LogP contribution >= 0.6 is 0 Å². The molecule has 0 fully saturated rings. The van der Waals surface area contributed by atoms with E-state index in [4.69, 9.17) is 0 Å². The Labute approximate surface area is 85.2 Å². The van der Waals surface area contributed by atoms with Crippen molar-refractivity contribution in [3.05, 3.63) is 27.2 Å². The van der Waals surface area contributed by atoms with Crippen LogP contribution in [-0.4, -0.2) is 19.1 Å². The summed E-state index contributed by atoms with van der Waals surface area (Å²) in [6, 6.07) is -0.163. The second kappa shape index (κ2) is 3.08. The molecule has 0 aliphatic rings. The second-order valence-electron chi connectivity index (χ2n) is 3.71. The Balaban J connectivity index is 3.06. The van der Waals surface area contributed by atoms with Gasteiger partial charge in [0.1, 0.15) is 5.52 Å². The third kappa shape index (κ3) is 1.21. The van der Waals surface area contributed by atoms with Crippen LogP contribution in [0.15, 0.2) is 15.9 Å². The first-order valence-electron chi connectivity index (χ1n) is 4.68. The Morgan fingerprint density at radius 3 is 2.67 bits per heavy atom. The summed E-state index contributed by atoms with van der Waals surface area (Å²) in [5, 5.41) is 0. The van der Waals surface area contributed by atoms with E-state index in [0.717, 1.165) is 0 Å². The highest BCUT2D eigenvalue weighted by molar-refractivity contribution is 5.68. The summed E-state index contributed by atoms with van der Waals surface area (Å²) in [5.41, 5.74) is 0.0999. The molecule has 2 rings (SSSR count). The van der Waals surface area contributed by atoms with E-state index >= 15 is 0 Å². The summed E-state index contributed by atoms with van der Waals surface area (Å²) in [4.78, 5) is 30.4. The van der Waals surface area contributed by atoms with Crippen molar-refractivity contribution in [1.82, 2.24) is 19.1 Å². The zero-order chi connectivity index (χ0) is 11.2. The molecule has 0 saturated heterocycles. The average Bonchev–Trinajstić information content (AvgIpc) is 2.62. The molecule has 0 spiro atoms. The van der Waals surface area contributed by atoms with E-state index in [0.29, 0.717) is 11.2 Å². The van der Waals surface area contributed by atoms with Gasteiger partial charge in [-0.15, -0.1) is 0 Å². The molecule has 80 valence electrons. The molecule has 6 heteroatoms. The Morgan fingerprint density at radius 1 is 1.40 bits per heavy atom. The molecule has 2 heterocycles. The van der Waals surface area contributed by atoms with Crippen molar-refractivity contribution >= 4 is 11.2 Å². The Kier molecular flexibility index (Phi) is 1.99. The largest absolute Gasteiger partial charge is 0.339 e. The first-order chi connectivity index (χ1) is 7.04. The molecule has 6 nitrogen and oxygen atoms in total. The van der Waals surface area contributed by atoms with Crippen LogP contribution in [0.1, 0.15) is 19.9 Å². The van der Waals surface area contributed by atoms with Crippen molar-refractivity contribution < 1.29 is 0 Å². The van der Waals surface area contributed by atoms with Gasteiger partial charge in [-0.05, 0) is 13.8 Å². The van der Waals surface area contributed by atoms with Crippen LogP contribution in [0.25, 0.3) is 11.2 Å². The number of hydrogen-bond acceptors (Lipinski definition) is 3. The van der Waals surface area contributed by atoms with Crippen LogP contribution in [0.5, 0.6) is 0 Å². The molecular formula is C9H12N4O2. The minimum absolute atomic E-state index is 0.163. The molecule has 2 aromatic rings. The van der Waals surface area contributed by atoms with Crippen LogP contribution in [0.3, 0.4) is 0 Å². The minimum Gasteiger partial charge on any atom is -0.339 e. The molecule has 0 unspecified atom stereocenters. The number of aromatic amines is 1. The van der Waals surface area contributed by atoms with Crippen molar-refractivity contribution in [2.45, 2.75) is 19.9 Å². The highest BCUT2D eigenvalue weighted by Crippen LogP contribution is 2.02. The van der Waals surface area contributed by atoms with E-state index in [-0.39, 0.29) is 17.3 Å². The van der Waals surface area contributed by atoms with Crippen molar-refractivity contribution in [3.63, 3.8) is 0 Å². The van der Waals surface area contributed by atoms with Crippen LogP contribution < -0.4 is 11.2 Å². The molecule has 0 saturated carbocycles. The van der Waals surface area contributed by atoms with Crippen molar-refractivity contribution in [2.24, 2.45) is 7.05 Å². The zero-order valence-electron chi connectivity index (χ0n) is 8.81. The molecule has 15 heavy (non-hydrogen) atoms. The smallest absolute Gasteiger partial charge is 0.332 e. The lowest BCUT2D eigenvalue weighted by atomic mass is 10.4. The molecule has 0 aromatic carbocycles. The van der Waals surface area contributed by atoms with Gasteiger partial charge < -0.3 is 4.98 Å². The van der Waals surface area contributed by atoms with Crippen molar-refractivity contribution in [1.29, 1.82) is 0 Å². The van der Waals surface area contributed by atoms with Gasteiger partial charge in [-0.2, -0.15) is 0 Å². The molecule has 0 atom stereocenters. The summed E-state index contributed by atoms with van der Waals surface area (Å²) < 4.78 is 2.58. The third-order valence-electron chi connectivity index (χ3n) is 2.38. The lowest BCUT2D eigenvalue weighted by molar-refractivity contribution is 0.531. The summed E-state index contributed by atoms with van der Waals surface area (Å²) in [6.07, 6.45) is 1.41. The molecule has 0 bridgehead atoms. The third-order valence-corrected chi connectivity index (χ3v) is 2.38. The van der Waals surface area contributed by atoms with Crippen molar-refractivity contribution in [3.8, 4) is 0 Å². The number of aromatic nitrogens is 4. The van der Waals surface area contributed by atoms with Gasteiger partial charge in [-0.3, -0.25) is 13.9 Å². The number of nitrogens with zero attached hydrogens (tertiary/aromatic N) is 3. The van der Waals surface area contributed by atoms with Gasteiger partial charge in [-0.1, -0.05) is 0 Å². The van der Waals surface area contributed by atoms with Gasteiger partial charge in [0.15, 0.2) is 5.65 Å². The maximum absolute atomic E-state index is 11.9. The number of imidazole rings is 1. The summed E-state index contributed by atoms with van der Waals surface area (Å²) in [6.45, 7) is 3.59. The molecule has 0 aliphatic heterocycles. The highest BCUT2D eigenvalue weighted by atomic mass is 16.2. The first-order valence-corrected chi connectivity index (χ1v) is 4.68. The molecule has 0 aliphatic carbocycles. The van der Waals surface area contributed by atoms with Crippen LogP contribution in [-0.2, 0) is 7.05 Å². The quantitative estimate of drug-likeness (QED) is 0.717. The van der Waals surface area contributed by atoms with Crippen LogP contribution in [0.4, 0.5) is 0 Å². The highest BCUT2D eigenvalue weighted by Gasteiger charge is 2.14. The zero-order valence-corrected chi connectivity index (χ0v) is 8.81. The lowest BCUT2D eigenvalue weighted by Gasteiger charge is -2.10. The first kappa shape index (κ1) is 9.70. The number of hydrogen-bond donors (Lipinski definition) is 1. The van der Waals surface area contributed by atoms with E-state index in [1.807, 2.05) is 0 Å². The lowest BCUT2D eigenvalue weighted by Crippen LogP contribution is -2.40. The van der Waals surface area contributed by atoms with E-state index in [2.05, 4.69) is 9.97 Å². The molecule has 1 N–H and O–H groups in total. The SMILES string of the molecule is CC(C)n1c(=O)c2[nH]cnc2n(C)c1=O. The number of rotatable bonds is 1. The fourth-order valence-electron chi connectivity index (χ4n) is 1.61. The van der Waals surface area contributed by atoms with Gasteiger partial charge in [0.05, 0.1) is 6.33 Å². The number of fused-ring (bicyclic) bond motifs is 1. The molecule has 0 amide bonds. The topological polar surface area (TPSA) is 72.7 Å². The fourth-order valence-corrected chi connectivity index (χ4v) is 1.61. The number of nitrogens with one attached hydrogen (secondary N) is 1. The maximum atomic E-state index is 11.9. The number of H-pyrrole nitrogens is 1. The van der Waals surface area contributed by atoms with Gasteiger partial charge >= 0.3 is 5.69 Å². The molecule has 0 radical (unpaired) electrons. The van der Waals surface area contributed by atoms with Crippen LogP contribution in [0, 0.1) is 0 Å². The fraction of sp³-hybridized carbons (Fsp3) is 0.444. The van der Waals surface area contributed by atoms with E-state index in [9.17, 15) is 9.59 Å². The standard InChI is InChI=1S/C9H12N4O2/c1-5(2)13-8(14)6-7(11-4-10-6)12(3)9(13)15/h4-5H,1-3H3,(H,10,11). The maximum Gasteiger partial charge on any atom is 0.332 e. The Hall–Kier alpha value is -1.85. The van der Waals surface area contributed by atoms with Crippen LogP contribution in [0.2, 0.25) is 0 Å². The normalized spacial score (nSPS) is 11.5. The van der Waals surface area contributed by atoms with Gasteiger partial charge in [0.2, 0.25) is 0 Å². The van der Waals surface area contributed by atoms with E-state index in [1.165, 1.54) is 15.5 Å². The van der Waals surface area contributed by atoms with Gasteiger partial charge in [-0.25, -0.2) is 9.78 Å². The summed E-state index contributed by atoms with van der Waals surface area (Å²) in [7, 11) is 1.60. The predicted octanol–water partition coefficient (Wildman–Crippen LogP) is 0.00420. The molecule has 2 aromatic heterocycles. The Bertz CT molecular complexity index is 617. The van der Waals surface area contributed by atoms with Gasteiger partial charge in [0.25, 0.3) is 5.56 Å². The minimum atomic E-state index is -0.338. The van der Waals surface area contributed by atoms with Crippen molar-refractivity contribution in [2.75, 3.05) is 0 Å². The Morgan fingerprint density at radius 2 is 2.07 bits per heavy atom. The predicted molar refractivity (Wildman–Crippen MR) is 56.0 cm³/mol. The monoisotopic (exact) mass is 208 g/mol. The van der Waals surface area contributed by atoms with E-state index in [1.54, 1.807) is 20.9 Å². The van der Waals surface area contributed by atoms with Gasteiger partial charge in [0, 0.05) is 13.1 Å². The molecular weight excluding hydrogens is 196 g/mol. The van der Waals surface area contributed by atoms with E-state index < -0.39 is 0 Å².